The number of esters is 1. The van der Waals surface area contributed by atoms with Crippen LogP contribution in [-0.2, 0) is 28.7 Å². The Bertz CT molecular complexity index is 1630. The third-order valence-electron chi connectivity index (χ3n) is 11.0. The zero-order valence-electron chi connectivity index (χ0n) is 30.2. The third-order valence-corrected chi connectivity index (χ3v) is 11.3. The summed E-state index contributed by atoms with van der Waals surface area (Å²) in [6.45, 7) is 14.8. The van der Waals surface area contributed by atoms with Gasteiger partial charge in [-0.15, -0.1) is 13.2 Å². The van der Waals surface area contributed by atoms with Crippen molar-refractivity contribution in [3.05, 3.63) is 90.0 Å². The predicted octanol–water partition coefficient (Wildman–Crippen LogP) is 5.66. The van der Waals surface area contributed by atoms with Crippen LogP contribution in [0.4, 0.5) is 5.69 Å². The summed E-state index contributed by atoms with van der Waals surface area (Å²) < 4.78 is 13.0. The molecular formula is C40H50ClN3O7. The number of rotatable bonds is 15. The molecule has 3 amide bonds. The zero-order chi connectivity index (χ0) is 37.2. The number of halogens is 1. The van der Waals surface area contributed by atoms with E-state index < -0.39 is 65.6 Å². The molecule has 0 aliphatic carbocycles. The van der Waals surface area contributed by atoms with Gasteiger partial charge in [-0.05, 0) is 56.2 Å². The van der Waals surface area contributed by atoms with Gasteiger partial charge in [-0.1, -0.05) is 80.1 Å². The molecule has 0 saturated carbocycles. The summed E-state index contributed by atoms with van der Waals surface area (Å²) in [4.78, 5) is 61.9. The molecule has 51 heavy (non-hydrogen) atoms. The molecule has 0 aromatic heterocycles. The smallest absolute Gasteiger partial charge is 0.313 e. The minimum absolute atomic E-state index is 0.110. The number of allylic oxidation sites excluding steroid dienone is 1. The Hall–Kier alpha value is -3.99. The molecular weight excluding hydrogens is 670 g/mol. The zero-order valence-corrected chi connectivity index (χ0v) is 30.9. The first-order chi connectivity index (χ1) is 24.3. The highest BCUT2D eigenvalue weighted by atomic mass is 35.5. The van der Waals surface area contributed by atoms with Crippen LogP contribution in [0.5, 0.6) is 0 Å². The summed E-state index contributed by atoms with van der Waals surface area (Å²) in [5.74, 6) is -3.86. The van der Waals surface area contributed by atoms with Crippen LogP contribution in [0.3, 0.4) is 0 Å². The van der Waals surface area contributed by atoms with Gasteiger partial charge in [0.2, 0.25) is 11.8 Å². The first-order valence-corrected chi connectivity index (χ1v) is 18.1. The Balaban J connectivity index is 1.55. The molecule has 3 saturated heterocycles. The number of fused-ring (bicyclic) bond motifs is 1. The van der Waals surface area contributed by atoms with Crippen molar-refractivity contribution < 1.29 is 33.8 Å². The number of para-hydroxylation sites is 1. The quantitative estimate of drug-likeness (QED) is 0.187. The summed E-state index contributed by atoms with van der Waals surface area (Å²) in [6, 6.07) is 12.1. The van der Waals surface area contributed by atoms with Crippen LogP contribution >= 0.6 is 11.6 Å². The molecule has 10 nitrogen and oxygen atoms in total. The summed E-state index contributed by atoms with van der Waals surface area (Å²) in [7, 11) is 1.68. The maximum Gasteiger partial charge on any atom is 0.313 e. The second-order valence-corrected chi connectivity index (χ2v) is 14.7. The molecule has 3 heterocycles. The minimum atomic E-state index is -1.34. The number of amides is 3. The molecule has 11 heteroatoms. The fraction of sp³-hybridized carbons (Fsp3) is 0.500. The lowest BCUT2D eigenvalue weighted by Gasteiger charge is -2.40. The van der Waals surface area contributed by atoms with Crippen molar-refractivity contribution in [2.45, 2.75) is 89.3 Å². The molecule has 3 fully saturated rings. The van der Waals surface area contributed by atoms with Gasteiger partial charge in [-0.25, -0.2) is 0 Å². The van der Waals surface area contributed by atoms with Gasteiger partial charge in [-0.2, -0.15) is 0 Å². The topological polar surface area (TPSA) is 117 Å². The van der Waals surface area contributed by atoms with E-state index in [0.717, 1.165) is 5.56 Å². The van der Waals surface area contributed by atoms with Crippen molar-refractivity contribution in [1.82, 2.24) is 9.80 Å². The number of carbonyl (C=O) groups excluding carboxylic acids is 4. The molecule has 0 unspecified atom stereocenters. The van der Waals surface area contributed by atoms with Crippen LogP contribution in [0.15, 0.2) is 73.8 Å². The van der Waals surface area contributed by atoms with E-state index in [9.17, 15) is 19.5 Å². The van der Waals surface area contributed by atoms with Gasteiger partial charge in [0.15, 0.2) is 0 Å². The number of nitrogens with zero attached hydrogens (tertiary/aromatic N) is 3. The van der Waals surface area contributed by atoms with E-state index in [-0.39, 0.29) is 31.4 Å². The maximum absolute atomic E-state index is 15.0. The van der Waals surface area contributed by atoms with Gasteiger partial charge in [0.05, 0.1) is 47.3 Å². The number of hydrogen-bond donors (Lipinski definition) is 1. The van der Waals surface area contributed by atoms with Crippen molar-refractivity contribution >= 4 is 41.0 Å². The maximum atomic E-state index is 15.0. The number of ether oxygens (including phenoxy) is 2. The molecule has 1 N–H and O–H groups in total. The van der Waals surface area contributed by atoms with Crippen LogP contribution in [0.25, 0.3) is 0 Å². The highest BCUT2D eigenvalue weighted by Crippen LogP contribution is 2.60. The third kappa shape index (κ3) is 6.86. The van der Waals surface area contributed by atoms with Crippen LogP contribution in [0.2, 0.25) is 5.02 Å². The molecule has 5 rings (SSSR count). The average Bonchev–Trinajstić information content (AvgIpc) is 3.76. The standard InChI is InChI=1S/C40H50ClN3O7/c1-8-10-19-31(46)42(7)26(6)35(27-16-12-11-13-17-27)50-39(49)32-30-20-21-40(51-30)33(32)37(47)44(29(23-45)24(3)4)36(40)38(48)43(22-9-2)34-25(5)15-14-18-28(34)41/h8-9,11-18,24,26,29-30,32-33,35-36,45H,1-2,10,19-23H2,3-7H3/t26-,29-,30+,32-,33-,35+,36+,40-/m0/s1. The summed E-state index contributed by atoms with van der Waals surface area (Å²) in [5.41, 5.74) is 0.613. The predicted molar refractivity (Wildman–Crippen MR) is 196 cm³/mol. The number of likely N-dealkylation sites (N-methyl/N-ethyl adjacent to an activating group) is 1. The van der Waals surface area contributed by atoms with E-state index in [1.165, 1.54) is 9.80 Å². The number of carbonyl (C=O) groups is 4. The number of benzene rings is 2. The highest BCUT2D eigenvalue weighted by molar-refractivity contribution is 6.34. The lowest BCUT2D eigenvalue weighted by Crippen LogP contribution is -2.60. The van der Waals surface area contributed by atoms with Crippen molar-refractivity contribution in [3.8, 4) is 0 Å². The van der Waals surface area contributed by atoms with Gasteiger partial charge in [-0.3, -0.25) is 19.2 Å². The Morgan fingerprint density at radius 3 is 2.43 bits per heavy atom. The van der Waals surface area contributed by atoms with Gasteiger partial charge < -0.3 is 29.3 Å². The Morgan fingerprint density at radius 1 is 1.12 bits per heavy atom. The van der Waals surface area contributed by atoms with Gasteiger partial charge >= 0.3 is 5.97 Å². The second kappa shape index (κ2) is 15.7. The van der Waals surface area contributed by atoms with E-state index in [4.69, 9.17) is 21.1 Å². The van der Waals surface area contributed by atoms with E-state index >= 15 is 4.79 Å². The summed E-state index contributed by atoms with van der Waals surface area (Å²) in [5, 5.41) is 11.0. The number of aliphatic hydroxyl groups is 1. The molecule has 1 spiro atoms. The molecule has 3 aliphatic heterocycles. The molecule has 2 aromatic rings. The molecule has 274 valence electrons. The van der Waals surface area contributed by atoms with Gasteiger partial charge in [0, 0.05) is 20.0 Å². The fourth-order valence-corrected chi connectivity index (χ4v) is 8.60. The fourth-order valence-electron chi connectivity index (χ4n) is 8.27. The van der Waals surface area contributed by atoms with Gasteiger partial charge in [0.1, 0.15) is 17.7 Å². The van der Waals surface area contributed by atoms with Crippen molar-refractivity contribution in [2.75, 3.05) is 25.1 Å². The van der Waals surface area contributed by atoms with E-state index in [0.29, 0.717) is 35.5 Å². The van der Waals surface area contributed by atoms with Crippen molar-refractivity contribution in [2.24, 2.45) is 17.8 Å². The largest absolute Gasteiger partial charge is 0.455 e. The first-order valence-electron chi connectivity index (χ1n) is 17.7. The molecule has 0 radical (unpaired) electrons. The van der Waals surface area contributed by atoms with Crippen LogP contribution in [-0.4, -0.2) is 88.6 Å². The SMILES string of the molecule is C=CCCC(=O)N(C)[C@@H](C)[C@@H](OC(=O)[C@@H]1[C@H]2C(=O)N([C@@H](CO)C(C)C)[C@H](C(=O)N(CC=C)c3c(C)cccc3Cl)[C@]23CC[C@H]1O3)c1ccccc1. The minimum Gasteiger partial charge on any atom is -0.455 e. The van der Waals surface area contributed by atoms with Crippen LogP contribution in [0, 0.1) is 24.7 Å². The lowest BCUT2D eigenvalue weighted by atomic mass is 9.70. The highest BCUT2D eigenvalue weighted by Gasteiger charge is 2.76. The molecule has 3 aliphatic rings. The first kappa shape index (κ1) is 38.2. The number of anilines is 1. The normalized spacial score (nSPS) is 25.3. The summed E-state index contributed by atoms with van der Waals surface area (Å²) >= 11 is 6.69. The molecule has 8 atom stereocenters. The number of aryl methyl sites for hydroxylation is 1. The Kier molecular flexibility index (Phi) is 11.8. The van der Waals surface area contributed by atoms with Crippen molar-refractivity contribution in [3.63, 3.8) is 0 Å². The average molecular weight is 720 g/mol. The number of hydrogen-bond acceptors (Lipinski definition) is 7. The lowest BCUT2D eigenvalue weighted by molar-refractivity contribution is -0.165. The summed E-state index contributed by atoms with van der Waals surface area (Å²) in [6.07, 6.45) is 3.35. The van der Waals surface area contributed by atoms with E-state index in [1.807, 2.05) is 64.1 Å². The van der Waals surface area contributed by atoms with Crippen LogP contribution in [0.1, 0.15) is 63.7 Å². The Morgan fingerprint density at radius 2 is 1.82 bits per heavy atom. The van der Waals surface area contributed by atoms with Crippen molar-refractivity contribution in [1.29, 1.82) is 0 Å². The van der Waals surface area contributed by atoms with Crippen LogP contribution < -0.4 is 4.90 Å². The second-order valence-electron chi connectivity index (χ2n) is 14.3. The van der Waals surface area contributed by atoms with Gasteiger partial charge in [0.25, 0.3) is 5.91 Å². The van der Waals surface area contributed by atoms with E-state index in [2.05, 4.69) is 13.2 Å². The van der Waals surface area contributed by atoms with E-state index in [1.54, 1.807) is 36.2 Å². The molecule has 2 bridgehead atoms. The molecule has 2 aromatic carbocycles. The number of aliphatic hydroxyl groups excluding tert-OH is 1. The number of likely N-dealkylation sites (tertiary alicyclic amines) is 1. The monoisotopic (exact) mass is 719 g/mol. The Labute approximate surface area is 306 Å².